The van der Waals surface area contributed by atoms with Crippen molar-refractivity contribution in [3.8, 4) is 17.2 Å². The highest BCUT2D eigenvalue weighted by Crippen LogP contribution is 2.40. The molecule has 8 heteroatoms. The fourth-order valence-electron chi connectivity index (χ4n) is 2.64. The van der Waals surface area contributed by atoms with Gasteiger partial charge in [0.25, 0.3) is 0 Å². The Bertz CT molecular complexity index is 711. The molecule has 2 atom stereocenters. The Kier molecular flexibility index (Phi) is 6.20. The molecule has 2 rings (SSSR count). The molecule has 1 aromatic carbocycles. The average Bonchev–Trinajstić information content (AvgIpc) is 3.02. The van der Waals surface area contributed by atoms with Crippen molar-refractivity contribution in [2.75, 3.05) is 21.3 Å². The summed E-state index contributed by atoms with van der Waals surface area (Å²) >= 11 is 0. The smallest absolute Gasteiger partial charge is 0.408 e. The molecule has 8 nitrogen and oxygen atoms in total. The predicted molar refractivity (Wildman–Crippen MR) is 97.2 cm³/mol. The van der Waals surface area contributed by atoms with Gasteiger partial charge in [0, 0.05) is 6.08 Å². The lowest BCUT2D eigenvalue weighted by Crippen LogP contribution is -2.39. The number of carbonyl (C=O) groups excluding carboxylic acids is 2. The molecule has 0 unspecified atom stereocenters. The van der Waals surface area contributed by atoms with Gasteiger partial charge in [-0.05, 0) is 44.5 Å². The lowest BCUT2D eigenvalue weighted by atomic mass is 10.00. The summed E-state index contributed by atoms with van der Waals surface area (Å²) in [6.07, 6.45) is 1.55. The van der Waals surface area contributed by atoms with Gasteiger partial charge in [0.2, 0.25) is 5.75 Å². The number of nitrogens with one attached hydrogen (secondary N) is 1. The molecule has 27 heavy (non-hydrogen) atoms. The van der Waals surface area contributed by atoms with E-state index in [0.29, 0.717) is 22.8 Å². The van der Waals surface area contributed by atoms with E-state index >= 15 is 0 Å². The van der Waals surface area contributed by atoms with Crippen LogP contribution in [-0.2, 0) is 14.3 Å². The third-order valence-electron chi connectivity index (χ3n) is 3.72. The molecule has 0 spiro atoms. The van der Waals surface area contributed by atoms with Crippen molar-refractivity contribution in [3.05, 3.63) is 29.8 Å². The summed E-state index contributed by atoms with van der Waals surface area (Å²) in [5, 5.41) is 2.75. The van der Waals surface area contributed by atoms with Gasteiger partial charge in [0.05, 0.1) is 27.4 Å². The van der Waals surface area contributed by atoms with Crippen LogP contribution in [0.25, 0.3) is 0 Å². The topological polar surface area (TPSA) is 92.3 Å². The van der Waals surface area contributed by atoms with Crippen molar-refractivity contribution in [3.63, 3.8) is 0 Å². The van der Waals surface area contributed by atoms with E-state index in [4.69, 9.17) is 23.7 Å². The van der Waals surface area contributed by atoms with E-state index < -0.39 is 29.8 Å². The first-order valence-corrected chi connectivity index (χ1v) is 8.36. The van der Waals surface area contributed by atoms with Crippen LogP contribution in [0.2, 0.25) is 0 Å². The second-order valence-electron chi connectivity index (χ2n) is 6.84. The standard InChI is InChI=1S/C19H25NO7/c1-19(2,3)27-18(22)20-16(12-7-8-15(21)26-12)11-9-13(23-4)17(25-6)14(10-11)24-5/h7-10,12,16H,1-6H3,(H,20,22)/t12-,16+/m0/s1. The van der Waals surface area contributed by atoms with Gasteiger partial charge >= 0.3 is 12.1 Å². The highest BCUT2D eigenvalue weighted by molar-refractivity contribution is 5.84. The van der Waals surface area contributed by atoms with Gasteiger partial charge in [-0.15, -0.1) is 0 Å². The summed E-state index contributed by atoms with van der Waals surface area (Å²) in [6, 6.07) is 2.66. The van der Waals surface area contributed by atoms with E-state index in [2.05, 4.69) is 5.32 Å². The van der Waals surface area contributed by atoms with Crippen molar-refractivity contribution in [2.24, 2.45) is 0 Å². The van der Waals surface area contributed by atoms with E-state index in [9.17, 15) is 9.59 Å². The average molecular weight is 379 g/mol. The van der Waals surface area contributed by atoms with E-state index in [-0.39, 0.29) is 0 Å². The van der Waals surface area contributed by atoms with Crippen LogP contribution in [0.1, 0.15) is 32.4 Å². The van der Waals surface area contributed by atoms with Crippen LogP contribution in [0.3, 0.4) is 0 Å². The largest absolute Gasteiger partial charge is 0.493 e. The first-order chi connectivity index (χ1) is 12.7. The molecule has 0 aromatic heterocycles. The van der Waals surface area contributed by atoms with Crippen molar-refractivity contribution < 1.29 is 33.3 Å². The number of alkyl carbamates (subject to hydrolysis) is 1. The van der Waals surface area contributed by atoms with Gasteiger partial charge in [-0.1, -0.05) is 0 Å². The minimum absolute atomic E-state index is 0.413. The molecule has 1 N–H and O–H groups in total. The molecule has 1 aromatic rings. The molecule has 148 valence electrons. The zero-order chi connectivity index (χ0) is 20.2. The maximum Gasteiger partial charge on any atom is 0.408 e. The number of benzene rings is 1. The third-order valence-corrected chi connectivity index (χ3v) is 3.72. The van der Waals surface area contributed by atoms with Crippen molar-refractivity contribution in [1.29, 1.82) is 0 Å². The first-order valence-electron chi connectivity index (χ1n) is 8.36. The number of hydrogen-bond donors (Lipinski definition) is 1. The number of amides is 1. The van der Waals surface area contributed by atoms with E-state index in [0.717, 1.165) is 0 Å². The summed E-state index contributed by atoms with van der Waals surface area (Å²) in [5.74, 6) is 0.759. The molecule has 1 aliphatic heterocycles. The first kappa shape index (κ1) is 20.4. The number of cyclic esters (lactones) is 1. The SMILES string of the molecule is COc1cc([C@@H](NC(=O)OC(C)(C)C)[C@@H]2C=CC(=O)O2)cc(OC)c1OC. The molecule has 1 aliphatic rings. The minimum atomic E-state index is -0.712. The van der Waals surface area contributed by atoms with Gasteiger partial charge in [-0.25, -0.2) is 9.59 Å². The Labute approximate surface area is 158 Å². The molecule has 0 aliphatic carbocycles. The lowest BCUT2D eigenvalue weighted by molar-refractivity contribution is -0.139. The Morgan fingerprint density at radius 3 is 2.11 bits per heavy atom. The molecule has 0 saturated heterocycles. The van der Waals surface area contributed by atoms with E-state index in [1.54, 1.807) is 39.0 Å². The molecular weight excluding hydrogens is 354 g/mol. The lowest BCUT2D eigenvalue weighted by Gasteiger charge is -2.27. The van der Waals surface area contributed by atoms with Crippen LogP contribution in [0, 0.1) is 0 Å². The van der Waals surface area contributed by atoms with Crippen LogP contribution in [0.15, 0.2) is 24.3 Å². The molecule has 0 fully saturated rings. The molecular formula is C19H25NO7. The Morgan fingerprint density at radius 2 is 1.70 bits per heavy atom. The van der Waals surface area contributed by atoms with Crippen molar-refractivity contribution >= 4 is 12.1 Å². The van der Waals surface area contributed by atoms with Crippen LogP contribution in [-0.4, -0.2) is 45.1 Å². The van der Waals surface area contributed by atoms with Gasteiger partial charge in [0.1, 0.15) is 11.7 Å². The van der Waals surface area contributed by atoms with Crippen LogP contribution in [0.4, 0.5) is 4.79 Å². The van der Waals surface area contributed by atoms with Gasteiger partial charge in [-0.3, -0.25) is 0 Å². The van der Waals surface area contributed by atoms with E-state index in [1.807, 2.05) is 0 Å². The summed E-state index contributed by atoms with van der Waals surface area (Å²) < 4.78 is 26.7. The maximum atomic E-state index is 12.3. The molecule has 1 heterocycles. The number of hydrogen-bond acceptors (Lipinski definition) is 7. The van der Waals surface area contributed by atoms with Gasteiger partial charge < -0.3 is 29.0 Å². The van der Waals surface area contributed by atoms with Crippen LogP contribution >= 0.6 is 0 Å². The Morgan fingerprint density at radius 1 is 1.11 bits per heavy atom. The summed E-state index contributed by atoms with van der Waals surface area (Å²) in [7, 11) is 4.48. The number of rotatable bonds is 6. The van der Waals surface area contributed by atoms with Crippen molar-refractivity contribution in [1.82, 2.24) is 5.32 Å². The summed E-state index contributed by atoms with van der Waals surface area (Å²) in [4.78, 5) is 23.9. The number of carbonyl (C=O) groups is 2. The number of methoxy groups -OCH3 is 3. The number of esters is 1. The predicted octanol–water partition coefficient (Wildman–Crippen LogP) is 2.76. The van der Waals surface area contributed by atoms with E-state index in [1.165, 1.54) is 27.4 Å². The monoisotopic (exact) mass is 379 g/mol. The van der Waals surface area contributed by atoms with Gasteiger partial charge in [-0.2, -0.15) is 0 Å². The highest BCUT2D eigenvalue weighted by atomic mass is 16.6. The minimum Gasteiger partial charge on any atom is -0.493 e. The Balaban J connectivity index is 2.42. The van der Waals surface area contributed by atoms with Crippen LogP contribution < -0.4 is 19.5 Å². The number of ether oxygens (including phenoxy) is 5. The normalized spacial score (nSPS) is 17.1. The maximum absolute atomic E-state index is 12.3. The second kappa shape index (κ2) is 8.20. The summed E-state index contributed by atoms with van der Waals surface area (Å²) in [6.45, 7) is 5.28. The summed E-state index contributed by atoms with van der Waals surface area (Å²) in [5.41, 5.74) is -0.0775. The quantitative estimate of drug-likeness (QED) is 0.760. The zero-order valence-electron chi connectivity index (χ0n) is 16.3. The fourth-order valence-corrected chi connectivity index (χ4v) is 2.64. The van der Waals surface area contributed by atoms with Crippen LogP contribution in [0.5, 0.6) is 17.2 Å². The third kappa shape index (κ3) is 5.06. The zero-order valence-corrected chi connectivity index (χ0v) is 16.3. The van der Waals surface area contributed by atoms with Gasteiger partial charge in [0.15, 0.2) is 11.5 Å². The Hall–Kier alpha value is -2.90. The van der Waals surface area contributed by atoms with Crippen molar-refractivity contribution in [2.45, 2.75) is 38.5 Å². The molecule has 1 amide bonds. The molecule has 0 saturated carbocycles. The fraction of sp³-hybridized carbons (Fsp3) is 0.474. The second-order valence-corrected chi connectivity index (χ2v) is 6.84. The molecule has 0 radical (unpaired) electrons. The molecule has 0 bridgehead atoms. The highest BCUT2D eigenvalue weighted by Gasteiger charge is 2.32.